The Kier molecular flexibility index (Phi) is 4.06. The topological polar surface area (TPSA) is 29.5 Å². The van der Waals surface area contributed by atoms with E-state index in [9.17, 15) is 4.79 Å². The molecule has 0 unspecified atom stereocenters. The molecule has 0 bridgehead atoms. The van der Waals surface area contributed by atoms with Gasteiger partial charge in [0.25, 0.3) is 0 Å². The molecule has 3 rings (SSSR count). The maximum atomic E-state index is 13.0. The number of ether oxygens (including phenoxy) is 1. The number of fused-ring (bicyclic) bond motifs is 3. The summed E-state index contributed by atoms with van der Waals surface area (Å²) in [5, 5.41) is 0. The first-order valence-corrected chi connectivity index (χ1v) is 8.64. The Morgan fingerprint density at radius 3 is 2.50 bits per heavy atom. The lowest BCUT2D eigenvalue weighted by molar-refractivity contribution is 0.0563. The minimum absolute atomic E-state index is 0.0668. The van der Waals surface area contributed by atoms with E-state index < -0.39 is 5.60 Å². The fourth-order valence-electron chi connectivity index (χ4n) is 4.22. The predicted molar refractivity (Wildman–Crippen MR) is 98.4 cm³/mol. The lowest BCUT2D eigenvalue weighted by Gasteiger charge is -2.31. The summed E-state index contributed by atoms with van der Waals surface area (Å²) in [4.78, 5) is 14.8. The van der Waals surface area contributed by atoms with Crippen LogP contribution >= 0.6 is 0 Å². The summed E-state index contributed by atoms with van der Waals surface area (Å²) in [5.41, 5.74) is 2.91. The van der Waals surface area contributed by atoms with E-state index in [2.05, 4.69) is 32.2 Å². The van der Waals surface area contributed by atoms with Gasteiger partial charge in [-0.25, -0.2) is 4.79 Å². The first kappa shape index (κ1) is 16.8. The molecule has 1 aromatic carbocycles. The standard InChI is InChI=1S/C21H27NO2/c1-7-14-12-15(8-2)19-18(14)16-11-13(3)9-10-17(16)22(19)20(23)24-21(4,5)6/h7-11,14-15,18-19H,1-2,12H2,3-6H3/t14-,15+,18-,19-/m0/s1. The number of amides is 1. The molecule has 0 N–H and O–H groups in total. The third-order valence-corrected chi connectivity index (χ3v) is 5.11. The highest BCUT2D eigenvalue weighted by atomic mass is 16.6. The summed E-state index contributed by atoms with van der Waals surface area (Å²) < 4.78 is 5.71. The summed E-state index contributed by atoms with van der Waals surface area (Å²) >= 11 is 0. The van der Waals surface area contributed by atoms with Crippen LogP contribution < -0.4 is 4.90 Å². The van der Waals surface area contributed by atoms with Gasteiger partial charge in [-0.15, -0.1) is 13.2 Å². The SMILES string of the molecule is C=C[C@@H]1C[C@H](C=C)[C@H]2c3cc(C)ccc3N(C(=O)OC(C)(C)C)[C@H]21. The molecule has 0 aromatic heterocycles. The van der Waals surface area contributed by atoms with E-state index in [4.69, 9.17) is 4.74 Å². The van der Waals surface area contributed by atoms with E-state index in [1.807, 2.05) is 43.9 Å². The highest BCUT2D eigenvalue weighted by Crippen LogP contribution is 2.55. The molecule has 1 saturated carbocycles. The van der Waals surface area contributed by atoms with Crippen molar-refractivity contribution < 1.29 is 9.53 Å². The monoisotopic (exact) mass is 325 g/mol. The molecule has 2 aliphatic rings. The molecule has 3 nitrogen and oxygen atoms in total. The third kappa shape index (κ3) is 2.66. The van der Waals surface area contributed by atoms with Crippen LogP contribution in [0.2, 0.25) is 0 Å². The molecular formula is C21H27NO2. The summed E-state index contributed by atoms with van der Waals surface area (Å²) in [7, 11) is 0. The summed E-state index contributed by atoms with van der Waals surface area (Å²) in [5.74, 6) is 0.872. The van der Waals surface area contributed by atoms with Gasteiger partial charge in [-0.3, -0.25) is 4.90 Å². The third-order valence-electron chi connectivity index (χ3n) is 5.11. The number of carbonyl (C=O) groups is 1. The van der Waals surface area contributed by atoms with Crippen LogP contribution in [0.1, 0.15) is 44.2 Å². The molecule has 1 aliphatic heterocycles. The first-order valence-electron chi connectivity index (χ1n) is 8.64. The Morgan fingerprint density at radius 2 is 1.92 bits per heavy atom. The molecule has 0 spiro atoms. The van der Waals surface area contributed by atoms with Crippen molar-refractivity contribution in [1.82, 2.24) is 0 Å². The largest absolute Gasteiger partial charge is 0.443 e. The van der Waals surface area contributed by atoms with E-state index in [1.54, 1.807) is 0 Å². The van der Waals surface area contributed by atoms with E-state index in [-0.39, 0.29) is 24.0 Å². The van der Waals surface area contributed by atoms with Crippen LogP contribution in [0.4, 0.5) is 10.5 Å². The van der Waals surface area contributed by atoms with Gasteiger partial charge in [0.05, 0.1) is 11.7 Å². The second-order valence-corrected chi connectivity index (χ2v) is 7.96. The van der Waals surface area contributed by atoms with Crippen molar-refractivity contribution in [2.75, 3.05) is 4.90 Å². The van der Waals surface area contributed by atoms with Crippen molar-refractivity contribution in [3.63, 3.8) is 0 Å². The van der Waals surface area contributed by atoms with Crippen molar-refractivity contribution in [2.24, 2.45) is 11.8 Å². The summed E-state index contributed by atoms with van der Waals surface area (Å²) in [6.07, 6.45) is 4.73. The van der Waals surface area contributed by atoms with E-state index in [0.717, 1.165) is 12.1 Å². The molecule has 1 aromatic rings. The van der Waals surface area contributed by atoms with Gasteiger partial charge in [0, 0.05) is 5.92 Å². The van der Waals surface area contributed by atoms with Crippen LogP contribution in [-0.2, 0) is 4.74 Å². The van der Waals surface area contributed by atoms with E-state index >= 15 is 0 Å². The van der Waals surface area contributed by atoms with Crippen molar-refractivity contribution in [3.8, 4) is 0 Å². The highest BCUT2D eigenvalue weighted by molar-refractivity contribution is 5.92. The molecule has 24 heavy (non-hydrogen) atoms. The normalized spacial score (nSPS) is 28.2. The van der Waals surface area contributed by atoms with Crippen LogP contribution in [-0.4, -0.2) is 17.7 Å². The van der Waals surface area contributed by atoms with E-state index in [1.165, 1.54) is 11.1 Å². The molecule has 4 atom stereocenters. The van der Waals surface area contributed by atoms with Gasteiger partial charge in [0.1, 0.15) is 5.60 Å². The quantitative estimate of drug-likeness (QED) is 0.699. The number of aryl methyl sites for hydroxylation is 1. The lowest BCUT2D eigenvalue weighted by Crippen LogP contribution is -2.43. The average molecular weight is 325 g/mol. The summed E-state index contributed by atoms with van der Waals surface area (Å²) in [6, 6.07) is 6.38. The molecule has 1 heterocycles. The molecule has 1 amide bonds. The Labute approximate surface area is 145 Å². The first-order chi connectivity index (χ1) is 11.3. The minimum atomic E-state index is -0.514. The zero-order valence-corrected chi connectivity index (χ0v) is 15.1. The molecule has 0 saturated heterocycles. The molecule has 3 heteroatoms. The van der Waals surface area contributed by atoms with Crippen LogP contribution in [0.5, 0.6) is 0 Å². The number of allylic oxidation sites excluding steroid dienone is 1. The fraction of sp³-hybridized carbons (Fsp3) is 0.476. The number of carbonyl (C=O) groups excluding carboxylic acids is 1. The zero-order chi connectivity index (χ0) is 17.6. The number of nitrogens with zero attached hydrogens (tertiary/aromatic N) is 1. The number of hydrogen-bond acceptors (Lipinski definition) is 2. The predicted octanol–water partition coefficient (Wildman–Crippen LogP) is 5.21. The minimum Gasteiger partial charge on any atom is -0.443 e. The number of rotatable bonds is 2. The maximum Gasteiger partial charge on any atom is 0.415 e. The van der Waals surface area contributed by atoms with Gasteiger partial charge in [-0.1, -0.05) is 29.8 Å². The highest BCUT2D eigenvalue weighted by Gasteiger charge is 2.53. The number of anilines is 1. The Morgan fingerprint density at radius 1 is 1.25 bits per heavy atom. The average Bonchev–Trinajstić information content (AvgIpc) is 3.00. The fourth-order valence-corrected chi connectivity index (χ4v) is 4.22. The van der Waals surface area contributed by atoms with Crippen molar-refractivity contribution in [1.29, 1.82) is 0 Å². The van der Waals surface area contributed by atoms with Gasteiger partial charge >= 0.3 is 6.09 Å². The Hall–Kier alpha value is -2.03. The van der Waals surface area contributed by atoms with Crippen molar-refractivity contribution in [2.45, 2.75) is 51.7 Å². The van der Waals surface area contributed by atoms with Crippen LogP contribution in [0.25, 0.3) is 0 Å². The summed E-state index contributed by atoms with van der Waals surface area (Å²) in [6.45, 7) is 15.8. The lowest BCUT2D eigenvalue weighted by atomic mass is 9.88. The van der Waals surface area contributed by atoms with Crippen LogP contribution in [0.15, 0.2) is 43.5 Å². The van der Waals surface area contributed by atoms with Gasteiger partial charge in [0.15, 0.2) is 0 Å². The molecule has 1 aliphatic carbocycles. The number of benzene rings is 1. The van der Waals surface area contributed by atoms with Crippen LogP contribution in [0, 0.1) is 18.8 Å². The molecule has 0 radical (unpaired) electrons. The Balaban J connectivity index is 2.09. The van der Waals surface area contributed by atoms with Gasteiger partial charge in [-0.2, -0.15) is 0 Å². The van der Waals surface area contributed by atoms with E-state index in [0.29, 0.717) is 5.92 Å². The van der Waals surface area contributed by atoms with Crippen molar-refractivity contribution >= 4 is 11.8 Å². The van der Waals surface area contributed by atoms with Crippen molar-refractivity contribution in [3.05, 3.63) is 54.6 Å². The molecule has 1 fully saturated rings. The maximum absolute atomic E-state index is 13.0. The van der Waals surface area contributed by atoms with Gasteiger partial charge < -0.3 is 4.74 Å². The number of hydrogen-bond donors (Lipinski definition) is 0. The molecule has 128 valence electrons. The second-order valence-electron chi connectivity index (χ2n) is 7.96. The zero-order valence-electron chi connectivity index (χ0n) is 15.1. The molecular weight excluding hydrogens is 298 g/mol. The van der Waals surface area contributed by atoms with Gasteiger partial charge in [-0.05, 0) is 57.6 Å². The Bertz CT molecular complexity index is 686. The smallest absolute Gasteiger partial charge is 0.415 e. The van der Waals surface area contributed by atoms with Crippen LogP contribution in [0.3, 0.4) is 0 Å². The second kappa shape index (κ2) is 5.80. The van der Waals surface area contributed by atoms with Gasteiger partial charge in [0.2, 0.25) is 0 Å².